The summed E-state index contributed by atoms with van der Waals surface area (Å²) in [4.78, 5) is 9.87. The molecule has 0 fully saturated rings. The van der Waals surface area contributed by atoms with Gasteiger partial charge in [-0.25, -0.2) is 4.79 Å². The molecule has 0 aromatic carbocycles. The molecule has 0 saturated carbocycles. The van der Waals surface area contributed by atoms with E-state index in [-0.39, 0.29) is 5.95 Å². The van der Waals surface area contributed by atoms with E-state index in [1.807, 2.05) is 0 Å². The molecule has 0 spiro atoms. The molecule has 0 rings (SSSR count). The Morgan fingerprint density at radius 2 is 1.78 bits per heavy atom. The first-order valence-corrected chi connectivity index (χ1v) is 2.85. The van der Waals surface area contributed by atoms with Gasteiger partial charge in [-0.3, -0.25) is 0 Å². The van der Waals surface area contributed by atoms with E-state index < -0.39 is 0 Å². The van der Waals surface area contributed by atoms with Crippen LogP contribution in [-0.2, 0) is 14.3 Å². The normalized spacial score (nSPS) is 7.78. The average Bonchev–Trinajstić information content (AvgIpc) is 1.88. The molecule has 0 heterocycles. The summed E-state index contributed by atoms with van der Waals surface area (Å²) >= 11 is 0. The minimum atomic E-state index is -0.0556. The van der Waals surface area contributed by atoms with Gasteiger partial charge in [0.1, 0.15) is 0 Å². The van der Waals surface area contributed by atoms with Gasteiger partial charge in [-0.15, -0.1) is 0 Å². The van der Waals surface area contributed by atoms with Gasteiger partial charge in [-0.1, -0.05) is 0 Å². The molecule has 0 aromatic heterocycles. The topological polar surface area (TPSA) is 35.5 Å². The van der Waals surface area contributed by atoms with Crippen molar-refractivity contribution in [3.05, 3.63) is 5.95 Å². The predicted octanol–water partition coefficient (Wildman–Crippen LogP) is 0.732. The fourth-order valence-electron chi connectivity index (χ4n) is 0.363. The van der Waals surface area contributed by atoms with Crippen LogP contribution in [0.2, 0.25) is 0 Å². The van der Waals surface area contributed by atoms with Crippen molar-refractivity contribution in [3.8, 4) is 0 Å². The smallest absolute Gasteiger partial charge is 0.369 e. The molecule has 0 saturated heterocycles. The van der Waals surface area contributed by atoms with Gasteiger partial charge in [0.15, 0.2) is 0 Å². The molecule has 9 heavy (non-hydrogen) atoms. The van der Waals surface area contributed by atoms with E-state index in [1.54, 1.807) is 13.8 Å². The number of carbonyl (C=O) groups excluding carboxylic acids is 1. The van der Waals surface area contributed by atoms with Crippen molar-refractivity contribution in [2.75, 3.05) is 13.2 Å². The van der Waals surface area contributed by atoms with Gasteiger partial charge in [-0.05, 0) is 13.8 Å². The summed E-state index contributed by atoms with van der Waals surface area (Å²) in [5, 5.41) is 0. The maximum atomic E-state index is 9.87. The Labute approximate surface area is 54.3 Å². The van der Waals surface area contributed by atoms with Crippen molar-refractivity contribution >= 4 is 5.94 Å². The van der Waals surface area contributed by atoms with E-state index in [2.05, 4.69) is 0 Å². The molecule has 0 atom stereocenters. The van der Waals surface area contributed by atoms with Crippen LogP contribution < -0.4 is 0 Å². The molecule has 0 aliphatic rings. The second-order valence-corrected chi connectivity index (χ2v) is 1.26. The van der Waals surface area contributed by atoms with E-state index in [0.29, 0.717) is 13.2 Å². The van der Waals surface area contributed by atoms with Crippen LogP contribution in [0.25, 0.3) is 0 Å². The Kier molecular flexibility index (Phi) is 4.64. The highest BCUT2D eigenvalue weighted by Crippen LogP contribution is 1.92. The van der Waals surface area contributed by atoms with Crippen molar-refractivity contribution in [2.24, 2.45) is 0 Å². The third-order valence-corrected chi connectivity index (χ3v) is 0.634. The van der Waals surface area contributed by atoms with Crippen molar-refractivity contribution in [1.82, 2.24) is 0 Å². The number of hydrogen-bond acceptors (Lipinski definition) is 3. The Morgan fingerprint density at radius 3 is 2.00 bits per heavy atom. The molecule has 3 heteroatoms. The van der Waals surface area contributed by atoms with Crippen LogP contribution >= 0.6 is 0 Å². The molecule has 52 valence electrons. The summed E-state index contributed by atoms with van der Waals surface area (Å²) in [6.45, 7) is 4.42. The monoisotopic (exact) mass is 130 g/mol. The lowest BCUT2D eigenvalue weighted by Crippen LogP contribution is -1.97. The zero-order chi connectivity index (χ0) is 7.11. The Bertz CT molecular complexity index is 105. The average molecular weight is 130 g/mol. The standard InChI is InChI=1S/C6H10O3/c1-3-8-6(5-7)9-4-2/h3-4H2,1-2H3. The van der Waals surface area contributed by atoms with Gasteiger partial charge < -0.3 is 9.47 Å². The third-order valence-electron chi connectivity index (χ3n) is 0.634. The molecule has 0 amide bonds. The van der Waals surface area contributed by atoms with Crippen molar-refractivity contribution in [1.29, 1.82) is 0 Å². The lowest BCUT2D eigenvalue weighted by Gasteiger charge is -2.02. The Balaban J connectivity index is 3.57. The second kappa shape index (κ2) is 5.19. The fourth-order valence-corrected chi connectivity index (χ4v) is 0.363. The summed E-state index contributed by atoms with van der Waals surface area (Å²) in [5.41, 5.74) is 0. The summed E-state index contributed by atoms with van der Waals surface area (Å²) < 4.78 is 9.40. The van der Waals surface area contributed by atoms with Crippen LogP contribution in [0, 0.1) is 0 Å². The maximum absolute atomic E-state index is 9.87. The maximum Gasteiger partial charge on any atom is 0.369 e. The van der Waals surface area contributed by atoms with Gasteiger partial charge in [0.25, 0.3) is 0 Å². The first kappa shape index (κ1) is 8.05. The van der Waals surface area contributed by atoms with E-state index in [0.717, 1.165) is 0 Å². The molecular formula is C6H10O3. The molecule has 3 nitrogen and oxygen atoms in total. The summed E-state index contributed by atoms with van der Waals surface area (Å²) in [6, 6.07) is 0. The molecule has 0 N–H and O–H groups in total. The van der Waals surface area contributed by atoms with E-state index in [1.165, 1.54) is 5.94 Å². The van der Waals surface area contributed by atoms with Crippen molar-refractivity contribution in [3.63, 3.8) is 0 Å². The zero-order valence-corrected chi connectivity index (χ0v) is 5.64. The SMILES string of the molecule is CCOC(=C=O)OCC. The van der Waals surface area contributed by atoms with E-state index >= 15 is 0 Å². The van der Waals surface area contributed by atoms with Crippen molar-refractivity contribution < 1.29 is 14.3 Å². The molecule has 0 aromatic rings. The van der Waals surface area contributed by atoms with Crippen molar-refractivity contribution in [2.45, 2.75) is 13.8 Å². The number of ether oxygens (including phenoxy) is 2. The lowest BCUT2D eigenvalue weighted by atomic mass is 10.8. The minimum absolute atomic E-state index is 0.0556. The zero-order valence-electron chi connectivity index (χ0n) is 5.64. The lowest BCUT2D eigenvalue weighted by molar-refractivity contribution is 0.0517. The van der Waals surface area contributed by atoms with Gasteiger partial charge in [-0.2, -0.15) is 0 Å². The molecule has 0 aliphatic carbocycles. The highest BCUT2D eigenvalue weighted by atomic mass is 16.7. The first-order valence-electron chi connectivity index (χ1n) is 2.85. The number of hydrogen-bond donors (Lipinski definition) is 0. The van der Waals surface area contributed by atoms with Crippen LogP contribution in [0.3, 0.4) is 0 Å². The Hall–Kier alpha value is -0.950. The largest absolute Gasteiger partial charge is 0.457 e. The van der Waals surface area contributed by atoms with Crippen LogP contribution in [0.1, 0.15) is 13.8 Å². The van der Waals surface area contributed by atoms with Gasteiger partial charge in [0, 0.05) is 0 Å². The fraction of sp³-hybridized carbons (Fsp3) is 0.667. The van der Waals surface area contributed by atoms with E-state index in [4.69, 9.17) is 9.47 Å². The summed E-state index contributed by atoms with van der Waals surface area (Å²) in [7, 11) is 0. The highest BCUT2D eigenvalue weighted by molar-refractivity contribution is 5.46. The van der Waals surface area contributed by atoms with Crippen LogP contribution in [0.4, 0.5) is 0 Å². The summed E-state index contributed by atoms with van der Waals surface area (Å²) in [6.07, 6.45) is 0. The van der Waals surface area contributed by atoms with Gasteiger partial charge in [0.2, 0.25) is 5.94 Å². The first-order chi connectivity index (χ1) is 4.35. The predicted molar refractivity (Wildman–Crippen MR) is 32.5 cm³/mol. The van der Waals surface area contributed by atoms with Gasteiger partial charge >= 0.3 is 5.95 Å². The van der Waals surface area contributed by atoms with Crippen LogP contribution in [0.5, 0.6) is 0 Å². The molecule has 0 bridgehead atoms. The molecule has 0 unspecified atom stereocenters. The molecule has 0 radical (unpaired) electrons. The summed E-state index contributed by atoms with van der Waals surface area (Å²) in [5.74, 6) is 1.47. The quantitative estimate of drug-likeness (QED) is 0.415. The van der Waals surface area contributed by atoms with Crippen LogP contribution in [-0.4, -0.2) is 19.2 Å². The second-order valence-electron chi connectivity index (χ2n) is 1.26. The van der Waals surface area contributed by atoms with Gasteiger partial charge in [0.05, 0.1) is 13.2 Å². The number of rotatable bonds is 4. The highest BCUT2D eigenvalue weighted by Gasteiger charge is 1.93. The van der Waals surface area contributed by atoms with E-state index in [9.17, 15) is 4.79 Å². The molecular weight excluding hydrogens is 120 g/mol. The minimum Gasteiger partial charge on any atom is -0.457 e. The molecule has 0 aliphatic heterocycles. The third kappa shape index (κ3) is 3.62. The van der Waals surface area contributed by atoms with Crippen LogP contribution in [0.15, 0.2) is 5.95 Å². The Morgan fingerprint density at radius 1 is 1.33 bits per heavy atom.